The van der Waals surface area contributed by atoms with Gasteiger partial charge in [0.25, 0.3) is 0 Å². The second-order valence-electron chi connectivity index (χ2n) is 4.89. The van der Waals surface area contributed by atoms with Crippen LogP contribution in [0.25, 0.3) is 0 Å². The van der Waals surface area contributed by atoms with E-state index in [1.54, 1.807) is 24.3 Å². The van der Waals surface area contributed by atoms with Crippen molar-refractivity contribution in [1.82, 2.24) is 0 Å². The summed E-state index contributed by atoms with van der Waals surface area (Å²) < 4.78 is 27.5. The Morgan fingerprint density at radius 3 is 2.48 bits per heavy atom. The molecule has 21 heavy (non-hydrogen) atoms. The van der Waals surface area contributed by atoms with Crippen molar-refractivity contribution in [2.45, 2.75) is 25.8 Å². The number of hydrogen-bond acceptors (Lipinski definition) is 5. The standard InChI is InChI=1S/C14H22N2O4S/c1-3-9-20-12-6-4-11(5-7-12)16-14(17)13(15)8-10-21(2,18)19/h4-7,13H,3,8-10,15H2,1-2H3,(H,16,17). The van der Waals surface area contributed by atoms with Gasteiger partial charge in [-0.1, -0.05) is 6.92 Å². The average Bonchev–Trinajstić information content (AvgIpc) is 2.43. The summed E-state index contributed by atoms with van der Waals surface area (Å²) in [6.07, 6.45) is 2.14. The number of sulfone groups is 1. The lowest BCUT2D eigenvalue weighted by molar-refractivity contribution is -0.117. The van der Waals surface area contributed by atoms with Gasteiger partial charge in [0.2, 0.25) is 5.91 Å². The number of anilines is 1. The second kappa shape index (κ2) is 7.99. The molecule has 0 radical (unpaired) electrons. The van der Waals surface area contributed by atoms with Gasteiger partial charge >= 0.3 is 0 Å². The predicted molar refractivity (Wildman–Crippen MR) is 83.2 cm³/mol. The molecule has 118 valence electrons. The maximum atomic E-state index is 11.8. The third-order valence-electron chi connectivity index (χ3n) is 2.73. The zero-order chi connectivity index (χ0) is 15.9. The minimum absolute atomic E-state index is 0.0996. The van der Waals surface area contributed by atoms with Crippen LogP contribution in [-0.2, 0) is 14.6 Å². The van der Waals surface area contributed by atoms with Crippen molar-refractivity contribution < 1.29 is 17.9 Å². The lowest BCUT2D eigenvalue weighted by Crippen LogP contribution is -2.37. The van der Waals surface area contributed by atoms with Gasteiger partial charge in [0.1, 0.15) is 15.6 Å². The van der Waals surface area contributed by atoms with Crippen LogP contribution < -0.4 is 15.8 Å². The molecule has 1 rings (SSSR count). The van der Waals surface area contributed by atoms with E-state index in [0.29, 0.717) is 12.3 Å². The highest BCUT2D eigenvalue weighted by Gasteiger charge is 2.16. The summed E-state index contributed by atoms with van der Waals surface area (Å²) in [4.78, 5) is 11.8. The fourth-order valence-electron chi connectivity index (χ4n) is 1.56. The van der Waals surface area contributed by atoms with Gasteiger partial charge in [-0.15, -0.1) is 0 Å². The van der Waals surface area contributed by atoms with Crippen LogP contribution in [0.4, 0.5) is 5.69 Å². The molecule has 3 N–H and O–H groups in total. The first kappa shape index (κ1) is 17.5. The quantitative estimate of drug-likeness (QED) is 0.750. The van der Waals surface area contributed by atoms with Crippen LogP contribution in [0.2, 0.25) is 0 Å². The summed E-state index contributed by atoms with van der Waals surface area (Å²) in [6.45, 7) is 2.66. The first-order valence-corrected chi connectivity index (χ1v) is 8.85. The number of hydrogen-bond donors (Lipinski definition) is 2. The van der Waals surface area contributed by atoms with Gasteiger partial charge in [0.05, 0.1) is 18.4 Å². The number of ether oxygens (including phenoxy) is 1. The molecule has 0 spiro atoms. The normalized spacial score (nSPS) is 12.7. The van der Waals surface area contributed by atoms with E-state index in [0.717, 1.165) is 18.4 Å². The lowest BCUT2D eigenvalue weighted by atomic mass is 10.2. The largest absolute Gasteiger partial charge is 0.494 e. The van der Waals surface area contributed by atoms with Gasteiger partial charge < -0.3 is 15.8 Å². The molecule has 0 aromatic heterocycles. The van der Waals surface area contributed by atoms with Crippen molar-refractivity contribution in [3.63, 3.8) is 0 Å². The monoisotopic (exact) mass is 314 g/mol. The Bertz CT molecular complexity index is 555. The Labute approximate surface area is 125 Å². The zero-order valence-corrected chi connectivity index (χ0v) is 13.2. The predicted octanol–water partition coefficient (Wildman–Crippen LogP) is 1.18. The van der Waals surface area contributed by atoms with Crippen LogP contribution in [0.5, 0.6) is 5.75 Å². The molecule has 0 saturated carbocycles. The first-order valence-electron chi connectivity index (χ1n) is 6.79. The molecule has 0 aliphatic rings. The number of carbonyl (C=O) groups is 1. The van der Waals surface area contributed by atoms with Gasteiger partial charge in [0.15, 0.2) is 0 Å². The summed E-state index contributed by atoms with van der Waals surface area (Å²) in [6, 6.07) is 6.09. The lowest BCUT2D eigenvalue weighted by Gasteiger charge is -2.12. The topological polar surface area (TPSA) is 98.5 Å². The van der Waals surface area contributed by atoms with E-state index in [2.05, 4.69) is 5.32 Å². The Morgan fingerprint density at radius 2 is 1.95 bits per heavy atom. The summed E-state index contributed by atoms with van der Waals surface area (Å²) in [5.41, 5.74) is 6.26. The Morgan fingerprint density at radius 1 is 1.33 bits per heavy atom. The van der Waals surface area contributed by atoms with Crippen molar-refractivity contribution in [2.24, 2.45) is 5.73 Å². The number of benzene rings is 1. The Kier molecular flexibility index (Phi) is 6.64. The third-order valence-corrected chi connectivity index (χ3v) is 3.71. The van der Waals surface area contributed by atoms with Crippen molar-refractivity contribution in [1.29, 1.82) is 0 Å². The highest BCUT2D eigenvalue weighted by atomic mass is 32.2. The average molecular weight is 314 g/mol. The second-order valence-corrected chi connectivity index (χ2v) is 7.15. The number of nitrogens with two attached hydrogens (primary N) is 1. The molecule has 7 heteroatoms. The zero-order valence-electron chi connectivity index (χ0n) is 12.3. The Hall–Kier alpha value is -1.60. The molecule has 0 aliphatic carbocycles. The molecule has 0 bridgehead atoms. The van der Waals surface area contributed by atoms with Crippen LogP contribution in [0, 0.1) is 0 Å². The molecular weight excluding hydrogens is 292 g/mol. The molecule has 6 nitrogen and oxygen atoms in total. The van der Waals surface area contributed by atoms with Gasteiger partial charge in [0, 0.05) is 11.9 Å². The maximum absolute atomic E-state index is 11.8. The molecular formula is C14H22N2O4S. The van der Waals surface area contributed by atoms with E-state index in [4.69, 9.17) is 10.5 Å². The van der Waals surface area contributed by atoms with Gasteiger partial charge in [-0.2, -0.15) is 0 Å². The van der Waals surface area contributed by atoms with Crippen molar-refractivity contribution in [3.8, 4) is 5.75 Å². The molecule has 0 saturated heterocycles. The molecule has 0 aliphatic heterocycles. The van der Waals surface area contributed by atoms with Crippen LogP contribution in [0.1, 0.15) is 19.8 Å². The van der Waals surface area contributed by atoms with E-state index in [9.17, 15) is 13.2 Å². The number of carbonyl (C=O) groups excluding carboxylic acids is 1. The first-order chi connectivity index (χ1) is 9.81. The molecule has 1 amide bonds. The fraction of sp³-hybridized carbons (Fsp3) is 0.500. The molecule has 0 heterocycles. The number of nitrogens with one attached hydrogen (secondary N) is 1. The highest BCUT2D eigenvalue weighted by molar-refractivity contribution is 7.90. The molecule has 1 unspecified atom stereocenters. The van der Waals surface area contributed by atoms with Gasteiger partial charge in [-0.05, 0) is 37.1 Å². The van der Waals surface area contributed by atoms with Crippen LogP contribution in [0.15, 0.2) is 24.3 Å². The minimum Gasteiger partial charge on any atom is -0.494 e. The van der Waals surface area contributed by atoms with Gasteiger partial charge in [-0.25, -0.2) is 8.42 Å². The van der Waals surface area contributed by atoms with E-state index >= 15 is 0 Å². The van der Waals surface area contributed by atoms with Crippen LogP contribution in [0.3, 0.4) is 0 Å². The van der Waals surface area contributed by atoms with Crippen molar-refractivity contribution >= 4 is 21.4 Å². The number of amides is 1. The molecule has 0 fully saturated rings. The van der Waals surface area contributed by atoms with E-state index in [-0.39, 0.29) is 12.2 Å². The smallest absolute Gasteiger partial charge is 0.241 e. The minimum atomic E-state index is -3.12. The molecule has 1 atom stereocenters. The third kappa shape index (κ3) is 7.10. The van der Waals surface area contributed by atoms with Crippen LogP contribution in [-0.4, -0.2) is 39.0 Å². The van der Waals surface area contributed by atoms with Gasteiger partial charge in [-0.3, -0.25) is 4.79 Å². The Balaban J connectivity index is 2.50. The number of rotatable bonds is 8. The van der Waals surface area contributed by atoms with Crippen LogP contribution >= 0.6 is 0 Å². The summed E-state index contributed by atoms with van der Waals surface area (Å²) >= 11 is 0. The summed E-state index contributed by atoms with van der Waals surface area (Å²) in [7, 11) is -3.12. The maximum Gasteiger partial charge on any atom is 0.241 e. The van der Waals surface area contributed by atoms with Crippen molar-refractivity contribution in [2.75, 3.05) is 23.9 Å². The summed E-state index contributed by atoms with van der Waals surface area (Å²) in [5.74, 6) is 0.225. The highest BCUT2D eigenvalue weighted by Crippen LogP contribution is 2.16. The van der Waals surface area contributed by atoms with Crippen molar-refractivity contribution in [3.05, 3.63) is 24.3 Å². The van der Waals surface area contributed by atoms with E-state index in [1.807, 2.05) is 6.92 Å². The SMILES string of the molecule is CCCOc1ccc(NC(=O)C(N)CCS(C)(=O)=O)cc1. The van der Waals surface area contributed by atoms with E-state index < -0.39 is 21.8 Å². The molecule has 1 aromatic rings. The molecule has 1 aromatic carbocycles. The van der Waals surface area contributed by atoms with E-state index in [1.165, 1.54) is 0 Å². The fourth-order valence-corrected chi connectivity index (χ4v) is 2.24. The summed E-state index contributed by atoms with van der Waals surface area (Å²) in [5, 5.41) is 2.65.